The maximum Gasteiger partial charge on any atom is 0.225 e. The van der Waals surface area contributed by atoms with E-state index in [4.69, 9.17) is 9.47 Å². The molecule has 1 aromatic heterocycles. The van der Waals surface area contributed by atoms with Gasteiger partial charge >= 0.3 is 0 Å². The summed E-state index contributed by atoms with van der Waals surface area (Å²) in [5, 5.41) is 0. The number of ether oxygens (including phenoxy) is 2. The van der Waals surface area contributed by atoms with E-state index in [2.05, 4.69) is 14.9 Å². The number of aromatic nitrogens is 2. The van der Waals surface area contributed by atoms with Crippen LogP contribution in [-0.4, -0.2) is 43.1 Å². The molecule has 1 fully saturated rings. The number of carbonyl (C=O) groups is 1. The quantitative estimate of drug-likeness (QED) is 0.595. The first-order chi connectivity index (χ1) is 12.2. The van der Waals surface area contributed by atoms with Crippen LogP contribution in [0.3, 0.4) is 0 Å². The minimum absolute atomic E-state index is 0.121. The van der Waals surface area contributed by atoms with Gasteiger partial charge in [0.15, 0.2) is 17.3 Å². The Kier molecular flexibility index (Phi) is 5.28. The molecule has 0 N–H and O–H groups in total. The van der Waals surface area contributed by atoms with Gasteiger partial charge in [0.2, 0.25) is 5.95 Å². The summed E-state index contributed by atoms with van der Waals surface area (Å²) in [6.45, 7) is 2.01. The number of benzene rings is 1. The molecular weight excluding hydrogens is 318 g/mol. The Morgan fingerprint density at radius 3 is 2.40 bits per heavy atom. The Hall–Kier alpha value is -2.89. The van der Waals surface area contributed by atoms with Crippen LogP contribution in [0.5, 0.6) is 11.5 Å². The summed E-state index contributed by atoms with van der Waals surface area (Å²) in [5.74, 6) is 1.75. The molecule has 2 heterocycles. The second-order valence-electron chi connectivity index (χ2n) is 5.78. The molecule has 1 saturated heterocycles. The van der Waals surface area contributed by atoms with E-state index in [9.17, 15) is 4.79 Å². The van der Waals surface area contributed by atoms with Gasteiger partial charge in [-0.25, -0.2) is 9.97 Å². The second-order valence-corrected chi connectivity index (χ2v) is 5.78. The molecule has 0 amide bonds. The molecule has 0 spiro atoms. The summed E-state index contributed by atoms with van der Waals surface area (Å²) in [6, 6.07) is 5.09. The molecule has 6 heteroatoms. The Bertz CT molecular complexity index is 766. The highest BCUT2D eigenvalue weighted by Gasteiger charge is 2.14. The molecule has 2 aromatic rings. The lowest BCUT2D eigenvalue weighted by Gasteiger charge is -2.14. The van der Waals surface area contributed by atoms with Gasteiger partial charge in [0, 0.05) is 36.6 Å². The number of anilines is 1. The Balaban J connectivity index is 1.69. The van der Waals surface area contributed by atoms with E-state index in [1.54, 1.807) is 50.9 Å². The van der Waals surface area contributed by atoms with Crippen molar-refractivity contribution in [2.75, 3.05) is 32.2 Å². The first kappa shape index (κ1) is 17.0. The fourth-order valence-electron chi connectivity index (χ4n) is 2.76. The molecule has 1 aliphatic rings. The third-order valence-corrected chi connectivity index (χ3v) is 4.14. The van der Waals surface area contributed by atoms with Crippen LogP contribution in [0.4, 0.5) is 5.95 Å². The van der Waals surface area contributed by atoms with Crippen molar-refractivity contribution >= 4 is 17.8 Å². The van der Waals surface area contributed by atoms with Crippen molar-refractivity contribution < 1.29 is 14.3 Å². The minimum atomic E-state index is -0.121. The van der Waals surface area contributed by atoms with E-state index < -0.39 is 0 Å². The maximum atomic E-state index is 12.3. The van der Waals surface area contributed by atoms with Crippen molar-refractivity contribution in [2.45, 2.75) is 12.8 Å². The number of methoxy groups -OCH3 is 2. The van der Waals surface area contributed by atoms with Gasteiger partial charge in [-0.05, 0) is 43.2 Å². The van der Waals surface area contributed by atoms with Gasteiger partial charge in [0.1, 0.15) is 0 Å². The van der Waals surface area contributed by atoms with Gasteiger partial charge in [-0.3, -0.25) is 4.79 Å². The highest BCUT2D eigenvalue weighted by molar-refractivity contribution is 6.07. The van der Waals surface area contributed by atoms with E-state index >= 15 is 0 Å². The Morgan fingerprint density at radius 1 is 1.08 bits per heavy atom. The zero-order valence-electron chi connectivity index (χ0n) is 14.4. The fraction of sp³-hybridized carbons (Fsp3) is 0.316. The maximum absolute atomic E-state index is 12.3. The molecule has 6 nitrogen and oxygen atoms in total. The van der Waals surface area contributed by atoms with Gasteiger partial charge < -0.3 is 14.4 Å². The van der Waals surface area contributed by atoms with Crippen molar-refractivity contribution in [1.82, 2.24) is 9.97 Å². The fourth-order valence-corrected chi connectivity index (χ4v) is 2.76. The molecule has 3 rings (SSSR count). The molecule has 0 bridgehead atoms. The molecule has 0 radical (unpaired) electrons. The monoisotopic (exact) mass is 339 g/mol. The van der Waals surface area contributed by atoms with Gasteiger partial charge in [0.25, 0.3) is 0 Å². The first-order valence-electron chi connectivity index (χ1n) is 8.22. The molecule has 0 atom stereocenters. The van der Waals surface area contributed by atoms with Crippen molar-refractivity contribution in [3.8, 4) is 11.5 Å². The van der Waals surface area contributed by atoms with Gasteiger partial charge in [-0.1, -0.05) is 0 Å². The average molecular weight is 339 g/mol. The molecule has 130 valence electrons. The minimum Gasteiger partial charge on any atom is -0.493 e. The standard InChI is InChI=1S/C19H21N3O3/c1-24-17-8-6-15(11-18(17)25-2)16(23)7-5-14-12-20-19(21-13-14)22-9-3-4-10-22/h5-8,11-13H,3-4,9-10H2,1-2H3. The largest absolute Gasteiger partial charge is 0.493 e. The first-order valence-corrected chi connectivity index (χ1v) is 8.22. The second kappa shape index (κ2) is 7.79. The summed E-state index contributed by atoms with van der Waals surface area (Å²) in [7, 11) is 3.10. The molecule has 0 aliphatic carbocycles. The van der Waals surface area contributed by atoms with E-state index in [1.165, 1.54) is 18.9 Å². The van der Waals surface area contributed by atoms with Crippen LogP contribution < -0.4 is 14.4 Å². The lowest BCUT2D eigenvalue weighted by Crippen LogP contribution is -2.20. The zero-order valence-corrected chi connectivity index (χ0v) is 14.4. The molecule has 0 unspecified atom stereocenters. The number of ketones is 1. The van der Waals surface area contributed by atoms with E-state index in [0.29, 0.717) is 17.1 Å². The van der Waals surface area contributed by atoms with Crippen LogP contribution in [0.25, 0.3) is 6.08 Å². The molecule has 1 aliphatic heterocycles. The number of hydrogen-bond donors (Lipinski definition) is 0. The van der Waals surface area contributed by atoms with Crippen molar-refractivity contribution in [2.24, 2.45) is 0 Å². The number of nitrogens with zero attached hydrogens (tertiary/aromatic N) is 3. The number of rotatable bonds is 6. The van der Waals surface area contributed by atoms with Crippen LogP contribution in [0, 0.1) is 0 Å². The third-order valence-electron chi connectivity index (χ3n) is 4.14. The van der Waals surface area contributed by atoms with E-state index in [0.717, 1.165) is 24.6 Å². The number of hydrogen-bond acceptors (Lipinski definition) is 6. The highest BCUT2D eigenvalue weighted by Crippen LogP contribution is 2.27. The highest BCUT2D eigenvalue weighted by atomic mass is 16.5. The normalized spacial score (nSPS) is 14.1. The predicted octanol–water partition coefficient (Wildman–Crippen LogP) is 2.99. The number of carbonyl (C=O) groups excluding carboxylic acids is 1. The molecular formula is C19H21N3O3. The SMILES string of the molecule is COc1ccc(C(=O)C=Cc2cnc(N3CCCC3)nc2)cc1OC. The zero-order chi connectivity index (χ0) is 17.6. The summed E-state index contributed by atoms with van der Waals surface area (Å²) in [6.07, 6.45) is 9.07. The van der Waals surface area contributed by atoms with E-state index in [-0.39, 0.29) is 5.78 Å². The van der Waals surface area contributed by atoms with Crippen LogP contribution in [0.15, 0.2) is 36.7 Å². The van der Waals surface area contributed by atoms with Crippen LogP contribution in [0.2, 0.25) is 0 Å². The van der Waals surface area contributed by atoms with Gasteiger partial charge in [0.05, 0.1) is 14.2 Å². The van der Waals surface area contributed by atoms with Gasteiger partial charge in [-0.15, -0.1) is 0 Å². The predicted molar refractivity (Wildman–Crippen MR) is 96.4 cm³/mol. The summed E-state index contributed by atoms with van der Waals surface area (Å²) in [4.78, 5) is 23.3. The summed E-state index contributed by atoms with van der Waals surface area (Å²) in [5.41, 5.74) is 1.32. The smallest absolute Gasteiger partial charge is 0.225 e. The Labute approximate surface area is 147 Å². The summed E-state index contributed by atoms with van der Waals surface area (Å²) >= 11 is 0. The van der Waals surface area contributed by atoms with Crippen molar-refractivity contribution in [3.05, 3.63) is 47.8 Å². The summed E-state index contributed by atoms with van der Waals surface area (Å²) < 4.78 is 10.4. The average Bonchev–Trinajstić information content (AvgIpc) is 3.20. The topological polar surface area (TPSA) is 64.5 Å². The molecule has 0 saturated carbocycles. The van der Waals surface area contributed by atoms with Crippen LogP contribution >= 0.6 is 0 Å². The lowest BCUT2D eigenvalue weighted by molar-refractivity contribution is 0.104. The van der Waals surface area contributed by atoms with Crippen LogP contribution in [-0.2, 0) is 0 Å². The van der Waals surface area contributed by atoms with Crippen LogP contribution in [0.1, 0.15) is 28.8 Å². The Morgan fingerprint density at radius 2 is 1.76 bits per heavy atom. The third kappa shape index (κ3) is 3.96. The lowest BCUT2D eigenvalue weighted by atomic mass is 10.1. The van der Waals surface area contributed by atoms with E-state index in [1.807, 2.05) is 0 Å². The number of allylic oxidation sites excluding steroid dienone is 1. The van der Waals surface area contributed by atoms with Gasteiger partial charge in [-0.2, -0.15) is 0 Å². The molecule has 25 heavy (non-hydrogen) atoms. The molecule has 1 aromatic carbocycles. The van der Waals surface area contributed by atoms with Crippen molar-refractivity contribution in [3.63, 3.8) is 0 Å². The van der Waals surface area contributed by atoms with Crippen molar-refractivity contribution in [1.29, 1.82) is 0 Å².